The van der Waals surface area contributed by atoms with E-state index in [-0.39, 0.29) is 0 Å². The molecule has 7 rings (SSSR count). The zero-order chi connectivity index (χ0) is 26.1. The molecule has 1 unspecified atom stereocenters. The molecule has 2 bridgehead atoms. The van der Waals surface area contributed by atoms with Crippen molar-refractivity contribution in [1.82, 2.24) is 14.6 Å². The fourth-order valence-electron chi connectivity index (χ4n) is 6.47. The number of anilines is 1. The molecule has 9 heteroatoms. The third-order valence-electron chi connectivity index (χ3n) is 8.51. The number of hydrogen-bond donors (Lipinski definition) is 1. The highest BCUT2D eigenvalue weighted by atomic mass is 35.5. The van der Waals surface area contributed by atoms with Gasteiger partial charge < -0.3 is 19.1 Å². The molecular weight excluding hydrogens is 523 g/mol. The lowest BCUT2D eigenvalue weighted by atomic mass is 10.0. The number of carbonyl (C=O) groups is 1. The van der Waals surface area contributed by atoms with Crippen LogP contribution in [0.25, 0.3) is 22.2 Å². The van der Waals surface area contributed by atoms with Crippen molar-refractivity contribution in [3.8, 4) is 11.3 Å². The number of rotatable bonds is 7. The van der Waals surface area contributed by atoms with Crippen molar-refractivity contribution in [3.63, 3.8) is 0 Å². The van der Waals surface area contributed by atoms with E-state index in [0.29, 0.717) is 33.6 Å². The Morgan fingerprint density at radius 2 is 1.92 bits per heavy atom. The maximum Gasteiger partial charge on any atom is 0.337 e. The average Bonchev–Trinajstić information content (AvgIpc) is 3.21. The van der Waals surface area contributed by atoms with Crippen molar-refractivity contribution in [3.05, 3.63) is 69.5 Å². The molecule has 196 valence electrons. The maximum absolute atomic E-state index is 11.6. The summed E-state index contributed by atoms with van der Waals surface area (Å²) >= 11 is 13.1. The Morgan fingerprint density at radius 3 is 2.61 bits per heavy atom. The summed E-state index contributed by atoms with van der Waals surface area (Å²) in [6.45, 7) is 2.90. The number of carboxylic acids is 1. The van der Waals surface area contributed by atoms with Crippen molar-refractivity contribution < 1.29 is 14.4 Å². The second kappa shape index (κ2) is 9.04. The van der Waals surface area contributed by atoms with Crippen LogP contribution in [0.2, 0.25) is 10.0 Å². The minimum absolute atomic E-state index is 0.347. The molecule has 1 saturated carbocycles. The number of likely N-dealkylation sites (tertiary alicyclic amines) is 1. The summed E-state index contributed by atoms with van der Waals surface area (Å²) in [7, 11) is 1.90. The minimum Gasteiger partial charge on any atom is -0.478 e. The fraction of sp³-hybridized carbons (Fsp3) is 0.379. The highest BCUT2D eigenvalue weighted by Gasteiger charge is 2.43. The lowest BCUT2D eigenvalue weighted by Crippen LogP contribution is -2.47. The first kappa shape index (κ1) is 24.1. The van der Waals surface area contributed by atoms with Crippen LogP contribution in [0.5, 0.6) is 0 Å². The zero-order valence-corrected chi connectivity index (χ0v) is 22.5. The van der Waals surface area contributed by atoms with Crippen LogP contribution in [0.1, 0.15) is 46.9 Å². The molecule has 1 N–H and O–H groups in total. The number of hydrogen-bond acceptors (Lipinski definition) is 5. The van der Waals surface area contributed by atoms with Crippen molar-refractivity contribution in [1.29, 1.82) is 0 Å². The van der Waals surface area contributed by atoms with Gasteiger partial charge in [-0.2, -0.15) is 0 Å². The number of aromatic carboxylic acids is 1. The highest BCUT2D eigenvalue weighted by molar-refractivity contribution is 6.39. The van der Waals surface area contributed by atoms with Gasteiger partial charge >= 0.3 is 5.97 Å². The summed E-state index contributed by atoms with van der Waals surface area (Å²) in [4.78, 5) is 16.7. The van der Waals surface area contributed by atoms with Crippen LogP contribution >= 0.6 is 23.2 Å². The molecule has 3 fully saturated rings. The van der Waals surface area contributed by atoms with E-state index in [1.165, 1.54) is 0 Å². The summed E-state index contributed by atoms with van der Waals surface area (Å²) in [5.41, 5.74) is 5.15. The first-order valence-electron chi connectivity index (χ1n) is 13.1. The Bertz CT molecular complexity index is 1550. The molecule has 2 saturated heterocycles. The molecule has 0 amide bonds. The Morgan fingerprint density at radius 1 is 1.13 bits per heavy atom. The van der Waals surface area contributed by atoms with E-state index >= 15 is 0 Å². The van der Waals surface area contributed by atoms with Gasteiger partial charge in [0.15, 0.2) is 0 Å². The van der Waals surface area contributed by atoms with E-state index in [4.69, 9.17) is 27.7 Å². The van der Waals surface area contributed by atoms with Gasteiger partial charge in [-0.3, -0.25) is 4.90 Å². The van der Waals surface area contributed by atoms with Crippen LogP contribution in [0, 0.1) is 0 Å². The monoisotopic (exact) mass is 550 g/mol. The second-order valence-electron chi connectivity index (χ2n) is 10.8. The van der Waals surface area contributed by atoms with E-state index in [1.54, 1.807) is 6.20 Å². The SMILES string of the molecule is Cn1cc(C(=O)O)c2ccc(N3C[C@@H]4CC3CN4CCc3c(-c4c(Cl)cccc4Cl)noc3C3CC3)cc21. The van der Waals surface area contributed by atoms with Crippen molar-refractivity contribution in [2.24, 2.45) is 7.05 Å². The lowest BCUT2D eigenvalue weighted by Gasteiger charge is -2.35. The van der Waals surface area contributed by atoms with Gasteiger partial charge in [0.2, 0.25) is 0 Å². The van der Waals surface area contributed by atoms with Crippen LogP contribution in [0.15, 0.2) is 47.1 Å². The Hall–Kier alpha value is -3.00. The molecule has 2 aromatic heterocycles. The molecule has 2 aromatic carbocycles. The van der Waals surface area contributed by atoms with Crippen LogP contribution in [0.3, 0.4) is 0 Å². The number of halogens is 2. The summed E-state index contributed by atoms with van der Waals surface area (Å²) in [5.74, 6) is 0.558. The molecule has 4 heterocycles. The van der Waals surface area contributed by atoms with E-state index < -0.39 is 5.97 Å². The van der Waals surface area contributed by atoms with Crippen LogP contribution in [-0.4, -0.2) is 57.4 Å². The number of aromatic nitrogens is 2. The van der Waals surface area contributed by atoms with Gasteiger partial charge in [0, 0.05) is 73.1 Å². The topological polar surface area (TPSA) is 74.7 Å². The zero-order valence-electron chi connectivity index (χ0n) is 21.0. The molecule has 0 radical (unpaired) electrons. The predicted molar refractivity (Wildman–Crippen MR) is 149 cm³/mol. The molecule has 3 aliphatic rings. The Balaban J connectivity index is 1.09. The first-order chi connectivity index (χ1) is 18.4. The maximum atomic E-state index is 11.6. The van der Waals surface area contributed by atoms with Crippen LogP contribution < -0.4 is 4.90 Å². The summed E-state index contributed by atoms with van der Waals surface area (Å²) in [5, 5.41) is 15.9. The van der Waals surface area contributed by atoms with Gasteiger partial charge in [0.1, 0.15) is 11.5 Å². The second-order valence-corrected chi connectivity index (χ2v) is 11.7. The van der Waals surface area contributed by atoms with Crippen LogP contribution in [0.4, 0.5) is 5.69 Å². The largest absolute Gasteiger partial charge is 0.478 e. The molecule has 2 aliphatic heterocycles. The molecule has 7 nitrogen and oxygen atoms in total. The Kier molecular flexibility index (Phi) is 5.73. The van der Waals surface area contributed by atoms with E-state index in [2.05, 4.69) is 27.1 Å². The van der Waals surface area contributed by atoms with E-state index in [1.807, 2.05) is 35.9 Å². The first-order valence-corrected chi connectivity index (χ1v) is 13.9. The standard InChI is InChI=1S/C29H28Cl2N4O3/c1-33-15-22(29(36)37)20-8-7-17(12-25(20)33)35-14-18-11-19(35)13-34(18)10-9-21-27(32-38-28(21)16-5-6-16)26-23(30)3-2-4-24(26)31/h2-4,7-8,12,15-16,18-19H,5-6,9-11,13-14H2,1H3,(H,36,37)/t18-,19?/m0/s1. The minimum atomic E-state index is -0.892. The van der Waals surface area contributed by atoms with E-state index in [9.17, 15) is 9.90 Å². The van der Waals surface area contributed by atoms with Gasteiger partial charge in [-0.05, 0) is 56.0 Å². The average molecular weight is 551 g/mol. The van der Waals surface area contributed by atoms with Gasteiger partial charge in [-0.1, -0.05) is 34.4 Å². The number of nitrogens with zero attached hydrogens (tertiary/aromatic N) is 4. The van der Waals surface area contributed by atoms with Gasteiger partial charge in [-0.25, -0.2) is 4.79 Å². The molecule has 38 heavy (non-hydrogen) atoms. The molecule has 0 spiro atoms. The number of aryl methyl sites for hydroxylation is 1. The number of piperazine rings is 1. The number of benzene rings is 2. The van der Waals surface area contributed by atoms with E-state index in [0.717, 1.165) is 84.5 Å². The number of fused-ring (bicyclic) bond motifs is 3. The normalized spacial score (nSPS) is 21.2. The van der Waals surface area contributed by atoms with Crippen LogP contribution in [-0.2, 0) is 13.5 Å². The smallest absolute Gasteiger partial charge is 0.337 e. The van der Waals surface area contributed by atoms with Gasteiger partial charge in [-0.15, -0.1) is 0 Å². The van der Waals surface area contributed by atoms with Gasteiger partial charge in [0.25, 0.3) is 0 Å². The van der Waals surface area contributed by atoms with Crippen molar-refractivity contribution in [2.45, 2.75) is 43.7 Å². The highest BCUT2D eigenvalue weighted by Crippen LogP contribution is 2.46. The third kappa shape index (κ3) is 3.91. The van der Waals surface area contributed by atoms with Gasteiger partial charge in [0.05, 0.1) is 21.1 Å². The summed E-state index contributed by atoms with van der Waals surface area (Å²) < 4.78 is 7.77. The molecule has 2 atom stereocenters. The lowest BCUT2D eigenvalue weighted by molar-refractivity contribution is 0.0699. The summed E-state index contributed by atoms with van der Waals surface area (Å²) in [6.07, 6.45) is 5.96. The van der Waals surface area contributed by atoms with Crippen molar-refractivity contribution >= 4 is 45.8 Å². The fourth-order valence-corrected chi connectivity index (χ4v) is 7.04. The predicted octanol–water partition coefficient (Wildman–Crippen LogP) is 6.22. The third-order valence-corrected chi connectivity index (χ3v) is 9.14. The Labute approximate surface area is 230 Å². The number of carboxylic acid groups (broad SMARTS) is 1. The molecule has 4 aromatic rings. The molecular formula is C29H28Cl2N4O3. The summed E-state index contributed by atoms with van der Waals surface area (Å²) in [6, 6.07) is 12.6. The van der Waals surface area contributed by atoms with Crippen molar-refractivity contribution in [2.75, 3.05) is 24.5 Å². The molecule has 1 aliphatic carbocycles. The quantitative estimate of drug-likeness (QED) is 0.294.